The first-order valence-corrected chi connectivity index (χ1v) is 10.3. The first-order chi connectivity index (χ1) is 10.7. The van der Waals surface area contributed by atoms with Gasteiger partial charge in [-0.1, -0.05) is 18.9 Å². The fourth-order valence-corrected chi connectivity index (χ4v) is 4.85. The molecular formula is C16H21NO2S3. The summed E-state index contributed by atoms with van der Waals surface area (Å²) in [5.41, 5.74) is 1.74. The monoisotopic (exact) mass is 355 g/mol. The van der Waals surface area contributed by atoms with E-state index in [9.17, 15) is 4.79 Å². The van der Waals surface area contributed by atoms with Crippen LogP contribution in [-0.4, -0.2) is 22.6 Å². The largest absolute Gasteiger partial charge is 0.289 e. The van der Waals surface area contributed by atoms with Crippen LogP contribution in [0.5, 0.6) is 0 Å². The summed E-state index contributed by atoms with van der Waals surface area (Å²) in [5, 5.41) is 10.6. The maximum absolute atomic E-state index is 11.4. The Balaban J connectivity index is 1.68. The number of thioether (sulfide) groups is 1. The highest BCUT2D eigenvalue weighted by Gasteiger charge is 2.15. The van der Waals surface area contributed by atoms with Crippen LogP contribution in [0.4, 0.5) is 0 Å². The maximum Gasteiger partial charge on any atom is 0.256 e. The molecule has 0 aliphatic carbocycles. The molecule has 22 heavy (non-hydrogen) atoms. The molecule has 6 heteroatoms. The molecule has 0 spiro atoms. The minimum Gasteiger partial charge on any atom is -0.289 e. The molecule has 2 heterocycles. The number of unbranched alkanes of at least 4 members (excludes halogenated alkanes) is 2. The second-order valence-corrected chi connectivity index (χ2v) is 8.20. The fourth-order valence-electron chi connectivity index (χ4n) is 2.30. The lowest BCUT2D eigenvalue weighted by molar-refractivity contribution is -0.128. The molecule has 0 radical (unpaired) electrons. The predicted octanol–water partition coefficient (Wildman–Crippen LogP) is 4.82. The molecule has 0 aromatic carbocycles. The minimum absolute atomic E-state index is 0.142. The summed E-state index contributed by atoms with van der Waals surface area (Å²) < 4.78 is 0. The normalized spacial score (nSPS) is 12.3. The van der Waals surface area contributed by atoms with Gasteiger partial charge in [-0.2, -0.15) is 11.8 Å². The molecule has 1 atom stereocenters. The van der Waals surface area contributed by atoms with E-state index < -0.39 is 0 Å². The van der Waals surface area contributed by atoms with Crippen LogP contribution < -0.4 is 5.48 Å². The van der Waals surface area contributed by atoms with Crippen molar-refractivity contribution in [3.63, 3.8) is 0 Å². The molecule has 0 aliphatic rings. The molecule has 2 N–H and O–H groups in total. The molecule has 120 valence electrons. The molecule has 1 unspecified atom stereocenters. The van der Waals surface area contributed by atoms with Crippen molar-refractivity contribution in [3.8, 4) is 9.75 Å². The van der Waals surface area contributed by atoms with Crippen LogP contribution in [0.15, 0.2) is 29.6 Å². The van der Waals surface area contributed by atoms with E-state index in [0.717, 1.165) is 32.1 Å². The number of hydrogen-bond acceptors (Lipinski definition) is 5. The Hall–Kier alpha value is -0.820. The Kier molecular flexibility index (Phi) is 7.45. The number of rotatable bonds is 9. The molecule has 0 saturated carbocycles. The number of nitrogens with one attached hydrogen (secondary N) is 1. The van der Waals surface area contributed by atoms with Gasteiger partial charge in [0.2, 0.25) is 0 Å². The van der Waals surface area contributed by atoms with Gasteiger partial charge in [0.25, 0.3) is 5.91 Å². The van der Waals surface area contributed by atoms with Crippen molar-refractivity contribution in [2.45, 2.75) is 37.4 Å². The highest BCUT2D eigenvalue weighted by Crippen LogP contribution is 2.32. The minimum atomic E-state index is -0.286. The van der Waals surface area contributed by atoms with Gasteiger partial charge in [-0.05, 0) is 49.1 Å². The van der Waals surface area contributed by atoms with E-state index in [1.54, 1.807) is 16.8 Å². The third-order valence-electron chi connectivity index (χ3n) is 3.50. The van der Waals surface area contributed by atoms with Gasteiger partial charge in [0.15, 0.2) is 0 Å². The number of amides is 1. The number of hydrogen-bond donors (Lipinski definition) is 2. The summed E-state index contributed by atoms with van der Waals surface area (Å²) in [6, 6.07) is 8.68. The van der Waals surface area contributed by atoms with Crippen LogP contribution in [0.2, 0.25) is 0 Å². The average molecular weight is 356 g/mol. The number of aryl methyl sites for hydroxylation is 1. The van der Waals surface area contributed by atoms with Crippen molar-refractivity contribution >= 4 is 40.3 Å². The summed E-state index contributed by atoms with van der Waals surface area (Å²) in [5.74, 6) is -0.286. The zero-order chi connectivity index (χ0) is 15.8. The van der Waals surface area contributed by atoms with Gasteiger partial charge in [0.1, 0.15) is 0 Å². The molecule has 2 rings (SSSR count). The van der Waals surface area contributed by atoms with E-state index in [1.165, 1.54) is 26.4 Å². The summed E-state index contributed by atoms with van der Waals surface area (Å²) in [4.78, 5) is 15.5. The van der Waals surface area contributed by atoms with Crippen molar-refractivity contribution in [3.05, 3.63) is 34.5 Å². The maximum atomic E-state index is 11.4. The number of carbonyl (C=O) groups excluding carboxylic acids is 1. The fraction of sp³-hybridized carbons (Fsp3) is 0.438. The Labute approximate surface area is 143 Å². The number of hydroxylamine groups is 1. The van der Waals surface area contributed by atoms with Gasteiger partial charge in [-0.15, -0.1) is 22.7 Å². The topological polar surface area (TPSA) is 49.3 Å². The van der Waals surface area contributed by atoms with Crippen molar-refractivity contribution in [2.24, 2.45) is 0 Å². The van der Waals surface area contributed by atoms with Gasteiger partial charge in [-0.25, -0.2) is 5.48 Å². The first kappa shape index (κ1) is 17.5. The third kappa shape index (κ3) is 5.12. The molecule has 0 saturated heterocycles. The molecule has 0 bridgehead atoms. The van der Waals surface area contributed by atoms with Gasteiger partial charge in [0.05, 0.1) is 5.25 Å². The van der Waals surface area contributed by atoms with Crippen LogP contribution in [-0.2, 0) is 11.2 Å². The lowest BCUT2D eigenvalue weighted by Gasteiger charge is -2.11. The molecular weight excluding hydrogens is 334 g/mol. The quantitative estimate of drug-likeness (QED) is 0.385. The van der Waals surface area contributed by atoms with E-state index in [-0.39, 0.29) is 11.2 Å². The lowest BCUT2D eigenvalue weighted by Crippen LogP contribution is -2.29. The van der Waals surface area contributed by atoms with Crippen molar-refractivity contribution in [2.75, 3.05) is 6.26 Å². The molecule has 3 nitrogen and oxygen atoms in total. The predicted molar refractivity (Wildman–Crippen MR) is 97.0 cm³/mol. The lowest BCUT2D eigenvalue weighted by atomic mass is 10.1. The molecule has 0 aliphatic heterocycles. The van der Waals surface area contributed by atoms with E-state index in [1.807, 2.05) is 17.6 Å². The average Bonchev–Trinajstić information content (AvgIpc) is 3.21. The Morgan fingerprint density at radius 2 is 2.14 bits per heavy atom. The smallest absolute Gasteiger partial charge is 0.256 e. The first-order valence-electron chi connectivity index (χ1n) is 7.34. The van der Waals surface area contributed by atoms with Gasteiger partial charge >= 0.3 is 0 Å². The van der Waals surface area contributed by atoms with Crippen LogP contribution >= 0.6 is 34.4 Å². The highest BCUT2D eigenvalue weighted by atomic mass is 32.2. The molecule has 2 aromatic rings. The van der Waals surface area contributed by atoms with E-state index in [0.29, 0.717) is 0 Å². The standard InChI is InChI=1S/C16H21NO2S3/c1-20-15(16(18)17-19)7-4-2-3-6-12-9-10-14(22-12)13-8-5-11-21-13/h5,8-11,15,19H,2-4,6-7H2,1H3,(H,17,18). The zero-order valence-corrected chi connectivity index (χ0v) is 15.0. The summed E-state index contributed by atoms with van der Waals surface area (Å²) in [6.45, 7) is 0. The Bertz CT molecular complexity index is 566. The van der Waals surface area contributed by atoms with E-state index in [2.05, 4.69) is 29.6 Å². The van der Waals surface area contributed by atoms with Gasteiger partial charge in [0, 0.05) is 14.6 Å². The van der Waals surface area contributed by atoms with Crippen LogP contribution in [0, 0.1) is 0 Å². The van der Waals surface area contributed by atoms with Crippen molar-refractivity contribution in [1.29, 1.82) is 0 Å². The number of thiophene rings is 2. The Morgan fingerprint density at radius 3 is 2.82 bits per heavy atom. The zero-order valence-electron chi connectivity index (χ0n) is 12.6. The van der Waals surface area contributed by atoms with Gasteiger partial charge in [-0.3, -0.25) is 10.0 Å². The van der Waals surface area contributed by atoms with E-state index in [4.69, 9.17) is 5.21 Å². The van der Waals surface area contributed by atoms with E-state index >= 15 is 0 Å². The second kappa shape index (κ2) is 9.35. The number of carbonyl (C=O) groups is 1. The summed E-state index contributed by atoms with van der Waals surface area (Å²) in [7, 11) is 0. The molecule has 0 fully saturated rings. The third-order valence-corrected chi connectivity index (χ3v) is 6.73. The van der Waals surface area contributed by atoms with Crippen LogP contribution in [0.1, 0.15) is 30.6 Å². The second-order valence-electron chi connectivity index (χ2n) is 5.04. The molecule has 2 aromatic heterocycles. The summed E-state index contributed by atoms with van der Waals surface area (Å²) >= 11 is 5.15. The van der Waals surface area contributed by atoms with Crippen molar-refractivity contribution in [1.82, 2.24) is 5.48 Å². The van der Waals surface area contributed by atoms with Crippen LogP contribution in [0.25, 0.3) is 9.75 Å². The van der Waals surface area contributed by atoms with Gasteiger partial charge < -0.3 is 0 Å². The Morgan fingerprint density at radius 1 is 1.27 bits per heavy atom. The molecule has 1 amide bonds. The van der Waals surface area contributed by atoms with Crippen LogP contribution in [0.3, 0.4) is 0 Å². The highest BCUT2D eigenvalue weighted by molar-refractivity contribution is 7.99. The SMILES string of the molecule is CSC(CCCCCc1ccc(-c2cccs2)s1)C(=O)NO. The van der Waals surface area contributed by atoms with Crippen molar-refractivity contribution < 1.29 is 10.0 Å². The summed E-state index contributed by atoms with van der Waals surface area (Å²) in [6.07, 6.45) is 7.10.